The third-order valence-electron chi connectivity index (χ3n) is 6.00. The highest BCUT2D eigenvalue weighted by Crippen LogP contribution is 2.30. The first-order valence-electron chi connectivity index (χ1n) is 10.7. The van der Waals surface area contributed by atoms with E-state index >= 15 is 0 Å². The molecule has 1 aliphatic heterocycles. The predicted molar refractivity (Wildman–Crippen MR) is 114 cm³/mol. The van der Waals surface area contributed by atoms with Gasteiger partial charge in [0.25, 0.3) is 5.91 Å². The largest absolute Gasteiger partial charge is 0.451 e. The van der Waals surface area contributed by atoms with E-state index in [1.807, 2.05) is 0 Å². The smallest absolute Gasteiger partial charge is 0.383 e. The number of anilines is 1. The van der Waals surface area contributed by atoms with Gasteiger partial charge in [0, 0.05) is 37.6 Å². The van der Waals surface area contributed by atoms with Crippen LogP contribution >= 0.6 is 0 Å². The molecule has 0 bridgehead atoms. The summed E-state index contributed by atoms with van der Waals surface area (Å²) in [5, 5.41) is 6.65. The lowest BCUT2D eigenvalue weighted by molar-refractivity contribution is -0.145. The summed E-state index contributed by atoms with van der Waals surface area (Å²) in [7, 11) is 1.65. The first-order chi connectivity index (χ1) is 15.5. The van der Waals surface area contributed by atoms with Gasteiger partial charge in [-0.2, -0.15) is 18.3 Å². The lowest BCUT2D eigenvalue weighted by Crippen LogP contribution is -2.49. The zero-order valence-corrected chi connectivity index (χ0v) is 18.8. The van der Waals surface area contributed by atoms with Gasteiger partial charge < -0.3 is 16.0 Å². The Labute approximate surface area is 189 Å². The minimum absolute atomic E-state index is 0.138. The van der Waals surface area contributed by atoms with Crippen LogP contribution in [0.3, 0.4) is 0 Å². The Morgan fingerprint density at radius 1 is 1.27 bits per heavy atom. The second-order valence-electron chi connectivity index (χ2n) is 8.34. The number of piperidine rings is 1. The number of amides is 2. The molecule has 0 aliphatic carbocycles. The number of nitrogens with zero attached hydrogens (tertiary/aromatic N) is 5. The van der Waals surface area contributed by atoms with Gasteiger partial charge in [0.1, 0.15) is 17.6 Å². The number of rotatable bonds is 6. The van der Waals surface area contributed by atoms with Crippen LogP contribution in [0, 0.1) is 12.8 Å². The number of nitrogen functional groups attached to an aromatic ring is 1. The van der Waals surface area contributed by atoms with Gasteiger partial charge >= 0.3 is 6.18 Å². The number of hydrogen-bond donors (Lipinski definition) is 2. The van der Waals surface area contributed by atoms with Gasteiger partial charge in [0.05, 0.1) is 0 Å². The van der Waals surface area contributed by atoms with Crippen LogP contribution in [0.1, 0.15) is 53.8 Å². The average Bonchev–Trinajstić information content (AvgIpc) is 3.18. The predicted octanol–water partition coefficient (Wildman–Crippen LogP) is 2.11. The SMILES string of the molecule is Cc1nc(C(F)(F)F)nc(N)c1CCC1CCN(C(=O)[C@H](C)NC(=O)c2ccnn2C)CC1. The summed E-state index contributed by atoms with van der Waals surface area (Å²) in [5.74, 6) is -1.58. The molecule has 0 aromatic carbocycles. The summed E-state index contributed by atoms with van der Waals surface area (Å²) in [5.41, 5.74) is 6.91. The molecule has 1 atom stereocenters. The Hall–Kier alpha value is -3.18. The summed E-state index contributed by atoms with van der Waals surface area (Å²) in [6.07, 6.45) is -0.410. The van der Waals surface area contributed by atoms with Crippen LogP contribution < -0.4 is 11.1 Å². The number of nitrogens with two attached hydrogens (primary N) is 1. The number of aryl methyl sites for hydroxylation is 2. The molecule has 0 radical (unpaired) electrons. The molecule has 0 spiro atoms. The minimum atomic E-state index is -4.63. The fraction of sp³-hybridized carbons (Fsp3) is 0.571. The van der Waals surface area contributed by atoms with Crippen molar-refractivity contribution in [3.8, 4) is 0 Å². The van der Waals surface area contributed by atoms with Gasteiger partial charge in [0.15, 0.2) is 0 Å². The molecule has 2 amide bonds. The summed E-state index contributed by atoms with van der Waals surface area (Å²) < 4.78 is 39.9. The Morgan fingerprint density at radius 2 is 1.94 bits per heavy atom. The van der Waals surface area contributed by atoms with Crippen molar-refractivity contribution in [3.05, 3.63) is 35.0 Å². The molecule has 3 heterocycles. The standard InChI is InChI=1S/C21H28F3N7O2/c1-12-15(17(25)29-20(28-12)21(22,23)24)5-4-14-7-10-31(11-8-14)19(33)13(2)27-18(32)16-6-9-26-30(16)3/h6,9,13-14H,4-5,7-8,10-11H2,1-3H3,(H,27,32)(H2,25,28,29)/t13-/m0/s1. The Bertz CT molecular complexity index is 991. The molecule has 2 aromatic heterocycles. The number of halogens is 3. The lowest BCUT2D eigenvalue weighted by atomic mass is 9.90. The molecule has 2 aromatic rings. The maximum absolute atomic E-state index is 12.8. The normalized spacial score (nSPS) is 16.0. The highest BCUT2D eigenvalue weighted by molar-refractivity contribution is 5.96. The number of carbonyl (C=O) groups excluding carboxylic acids is 2. The highest BCUT2D eigenvalue weighted by Gasteiger charge is 2.36. The molecule has 0 unspecified atom stereocenters. The van der Waals surface area contributed by atoms with Gasteiger partial charge in [0.2, 0.25) is 11.7 Å². The summed E-state index contributed by atoms with van der Waals surface area (Å²) in [6.45, 7) is 4.25. The molecular weight excluding hydrogens is 439 g/mol. The van der Waals surface area contributed by atoms with E-state index < -0.39 is 18.0 Å². The van der Waals surface area contributed by atoms with Crippen molar-refractivity contribution >= 4 is 17.6 Å². The van der Waals surface area contributed by atoms with E-state index in [0.717, 1.165) is 12.8 Å². The third kappa shape index (κ3) is 5.79. The quantitative estimate of drug-likeness (QED) is 0.672. The topological polar surface area (TPSA) is 119 Å². The van der Waals surface area contributed by atoms with Gasteiger partial charge in [-0.25, -0.2) is 9.97 Å². The molecule has 1 saturated heterocycles. The molecule has 12 heteroatoms. The van der Waals surface area contributed by atoms with E-state index in [1.54, 1.807) is 24.9 Å². The first-order valence-corrected chi connectivity index (χ1v) is 10.7. The van der Waals surface area contributed by atoms with Crippen LogP contribution in [0.4, 0.5) is 19.0 Å². The number of carbonyl (C=O) groups is 2. The van der Waals surface area contributed by atoms with Crippen molar-refractivity contribution in [2.24, 2.45) is 13.0 Å². The number of hydrogen-bond acceptors (Lipinski definition) is 6. The Balaban J connectivity index is 1.49. The van der Waals surface area contributed by atoms with E-state index in [4.69, 9.17) is 5.73 Å². The van der Waals surface area contributed by atoms with Gasteiger partial charge in [-0.05, 0) is 51.5 Å². The molecule has 3 N–H and O–H groups in total. The zero-order chi connectivity index (χ0) is 24.3. The van der Waals surface area contributed by atoms with Crippen LogP contribution in [0.25, 0.3) is 0 Å². The molecule has 0 saturated carbocycles. The molecule has 33 heavy (non-hydrogen) atoms. The second-order valence-corrected chi connectivity index (χ2v) is 8.34. The van der Waals surface area contributed by atoms with Crippen molar-refractivity contribution < 1.29 is 22.8 Å². The number of alkyl halides is 3. The summed E-state index contributed by atoms with van der Waals surface area (Å²) >= 11 is 0. The van der Waals surface area contributed by atoms with E-state index in [0.29, 0.717) is 43.1 Å². The first kappa shape index (κ1) is 24.5. The lowest BCUT2D eigenvalue weighted by Gasteiger charge is -2.33. The molecular formula is C21H28F3N7O2. The maximum atomic E-state index is 12.8. The van der Waals surface area contributed by atoms with Crippen LogP contribution in [0.15, 0.2) is 12.3 Å². The van der Waals surface area contributed by atoms with Gasteiger partial charge in [-0.1, -0.05) is 0 Å². The van der Waals surface area contributed by atoms with Crippen LogP contribution in [-0.2, 0) is 24.4 Å². The van der Waals surface area contributed by atoms with E-state index in [-0.39, 0.29) is 23.3 Å². The Morgan fingerprint density at radius 3 is 2.48 bits per heavy atom. The summed E-state index contributed by atoms with van der Waals surface area (Å²) in [6, 6.07) is 0.907. The average molecular weight is 467 g/mol. The fourth-order valence-corrected chi connectivity index (χ4v) is 4.05. The third-order valence-corrected chi connectivity index (χ3v) is 6.00. The zero-order valence-electron chi connectivity index (χ0n) is 18.8. The van der Waals surface area contributed by atoms with Crippen LogP contribution in [-0.4, -0.2) is 55.6 Å². The molecule has 1 aliphatic rings. The van der Waals surface area contributed by atoms with Crippen molar-refractivity contribution in [2.75, 3.05) is 18.8 Å². The molecule has 1 fully saturated rings. The van der Waals surface area contributed by atoms with E-state index in [2.05, 4.69) is 20.4 Å². The van der Waals surface area contributed by atoms with E-state index in [9.17, 15) is 22.8 Å². The molecule has 9 nitrogen and oxygen atoms in total. The summed E-state index contributed by atoms with van der Waals surface area (Å²) in [4.78, 5) is 33.8. The monoisotopic (exact) mass is 467 g/mol. The van der Waals surface area contributed by atoms with Crippen molar-refractivity contribution in [1.82, 2.24) is 30.0 Å². The van der Waals surface area contributed by atoms with Gasteiger partial charge in [-0.3, -0.25) is 14.3 Å². The fourth-order valence-electron chi connectivity index (χ4n) is 4.05. The number of nitrogens with one attached hydrogen (secondary N) is 1. The second kappa shape index (κ2) is 9.75. The van der Waals surface area contributed by atoms with E-state index in [1.165, 1.54) is 17.8 Å². The van der Waals surface area contributed by atoms with Gasteiger partial charge in [-0.15, -0.1) is 0 Å². The Kier molecular flexibility index (Phi) is 7.23. The molecule has 3 rings (SSSR count). The minimum Gasteiger partial charge on any atom is -0.383 e. The van der Waals surface area contributed by atoms with Crippen molar-refractivity contribution in [3.63, 3.8) is 0 Å². The number of aromatic nitrogens is 4. The van der Waals surface area contributed by atoms with Crippen LogP contribution in [0.5, 0.6) is 0 Å². The van der Waals surface area contributed by atoms with Crippen LogP contribution in [0.2, 0.25) is 0 Å². The highest BCUT2D eigenvalue weighted by atomic mass is 19.4. The van der Waals surface area contributed by atoms with Crippen molar-refractivity contribution in [1.29, 1.82) is 0 Å². The molecule has 180 valence electrons. The number of likely N-dealkylation sites (tertiary alicyclic amines) is 1. The van der Waals surface area contributed by atoms with Crippen molar-refractivity contribution in [2.45, 2.75) is 51.7 Å². The maximum Gasteiger partial charge on any atom is 0.451 e.